The normalized spacial score (nSPS) is 25.3. The van der Waals surface area contributed by atoms with E-state index in [9.17, 15) is 4.79 Å². The molecule has 2 fully saturated rings. The van der Waals surface area contributed by atoms with E-state index in [1.807, 2.05) is 17.2 Å². The molecule has 1 aromatic heterocycles. The van der Waals surface area contributed by atoms with E-state index >= 15 is 0 Å². The van der Waals surface area contributed by atoms with Crippen molar-refractivity contribution in [3.63, 3.8) is 0 Å². The number of hydrogen-bond acceptors (Lipinski definition) is 5. The molecule has 2 aliphatic rings. The van der Waals surface area contributed by atoms with Gasteiger partial charge in [0.2, 0.25) is 0 Å². The van der Waals surface area contributed by atoms with Crippen LogP contribution < -0.4 is 5.73 Å². The van der Waals surface area contributed by atoms with Gasteiger partial charge in [0.1, 0.15) is 10.7 Å². The zero-order valence-electron chi connectivity index (χ0n) is 11.9. The summed E-state index contributed by atoms with van der Waals surface area (Å²) in [5.74, 6) is 0.0647. The van der Waals surface area contributed by atoms with Crippen LogP contribution in [-0.2, 0) is 0 Å². The van der Waals surface area contributed by atoms with Gasteiger partial charge in [-0.05, 0) is 39.3 Å². The van der Waals surface area contributed by atoms with Gasteiger partial charge in [-0.2, -0.15) is 0 Å². The van der Waals surface area contributed by atoms with Crippen molar-refractivity contribution in [1.29, 1.82) is 0 Å². The van der Waals surface area contributed by atoms with Gasteiger partial charge in [0.25, 0.3) is 5.91 Å². The molecule has 0 aliphatic carbocycles. The number of aromatic nitrogens is 1. The third-order valence-corrected chi connectivity index (χ3v) is 5.28. The fourth-order valence-electron chi connectivity index (χ4n) is 3.09. The van der Waals surface area contributed by atoms with E-state index in [1.165, 1.54) is 37.3 Å². The number of nitrogens with two attached hydrogens (primary N) is 1. The molecule has 20 heavy (non-hydrogen) atoms. The summed E-state index contributed by atoms with van der Waals surface area (Å²) >= 11 is 1.48. The van der Waals surface area contributed by atoms with Crippen molar-refractivity contribution >= 4 is 17.2 Å². The SMILES string of the molecule is CC(N)c1nc(C(=O)N2CCC(N3CCCC3)C2)cs1. The zero-order chi connectivity index (χ0) is 14.1. The molecule has 0 aromatic carbocycles. The molecule has 0 bridgehead atoms. The fourth-order valence-corrected chi connectivity index (χ4v) is 3.84. The second-order valence-electron chi connectivity index (χ2n) is 5.80. The van der Waals surface area contributed by atoms with Gasteiger partial charge in [0.15, 0.2) is 0 Å². The standard InChI is InChI=1S/C14H22N4OS/c1-10(15)13-16-12(9-20-13)14(19)18-7-4-11(8-18)17-5-2-3-6-17/h9-11H,2-8,15H2,1H3. The topological polar surface area (TPSA) is 62.5 Å². The third-order valence-electron chi connectivity index (χ3n) is 4.24. The van der Waals surface area contributed by atoms with E-state index in [4.69, 9.17) is 5.73 Å². The molecule has 2 aliphatic heterocycles. The van der Waals surface area contributed by atoms with Crippen LogP contribution in [0.4, 0.5) is 0 Å². The van der Waals surface area contributed by atoms with E-state index in [-0.39, 0.29) is 11.9 Å². The summed E-state index contributed by atoms with van der Waals surface area (Å²) in [5, 5.41) is 2.67. The van der Waals surface area contributed by atoms with Crippen LogP contribution >= 0.6 is 11.3 Å². The predicted octanol–water partition coefficient (Wildman–Crippen LogP) is 1.47. The summed E-state index contributed by atoms with van der Waals surface area (Å²) in [5.41, 5.74) is 6.36. The number of thiazole rings is 1. The molecule has 5 nitrogen and oxygen atoms in total. The van der Waals surface area contributed by atoms with Crippen molar-refractivity contribution < 1.29 is 4.79 Å². The fraction of sp³-hybridized carbons (Fsp3) is 0.714. The summed E-state index contributed by atoms with van der Waals surface area (Å²) in [6, 6.07) is 0.450. The molecule has 3 rings (SSSR count). The van der Waals surface area contributed by atoms with Gasteiger partial charge in [0, 0.05) is 24.5 Å². The van der Waals surface area contributed by atoms with Crippen molar-refractivity contribution in [3.05, 3.63) is 16.1 Å². The van der Waals surface area contributed by atoms with E-state index in [2.05, 4.69) is 9.88 Å². The van der Waals surface area contributed by atoms with Crippen LogP contribution in [0.25, 0.3) is 0 Å². The average Bonchev–Trinajstić information content (AvgIpc) is 3.17. The maximum absolute atomic E-state index is 12.5. The maximum Gasteiger partial charge on any atom is 0.273 e. The van der Waals surface area contributed by atoms with Gasteiger partial charge >= 0.3 is 0 Å². The highest BCUT2D eigenvalue weighted by molar-refractivity contribution is 7.09. The monoisotopic (exact) mass is 294 g/mol. The third kappa shape index (κ3) is 2.73. The molecule has 2 N–H and O–H groups in total. The second kappa shape index (κ2) is 5.79. The Morgan fingerprint density at radius 1 is 1.45 bits per heavy atom. The van der Waals surface area contributed by atoms with Crippen LogP contribution in [0.3, 0.4) is 0 Å². The lowest BCUT2D eigenvalue weighted by atomic mass is 10.2. The molecule has 1 aromatic rings. The molecule has 3 heterocycles. The highest BCUT2D eigenvalue weighted by atomic mass is 32.1. The van der Waals surface area contributed by atoms with Crippen LogP contribution in [0, 0.1) is 0 Å². The van der Waals surface area contributed by atoms with Crippen molar-refractivity contribution in [1.82, 2.24) is 14.8 Å². The van der Waals surface area contributed by atoms with Crippen molar-refractivity contribution in [2.45, 2.75) is 38.3 Å². The first-order chi connectivity index (χ1) is 9.65. The van der Waals surface area contributed by atoms with Gasteiger partial charge in [-0.3, -0.25) is 9.69 Å². The molecule has 110 valence electrons. The minimum absolute atomic E-state index is 0.0647. The van der Waals surface area contributed by atoms with Crippen LogP contribution in [0.2, 0.25) is 0 Å². The van der Waals surface area contributed by atoms with Crippen molar-refractivity contribution in [2.75, 3.05) is 26.2 Å². The van der Waals surface area contributed by atoms with Crippen molar-refractivity contribution in [2.24, 2.45) is 5.73 Å². The van der Waals surface area contributed by atoms with E-state index in [0.29, 0.717) is 11.7 Å². The molecule has 0 radical (unpaired) electrons. The minimum Gasteiger partial charge on any atom is -0.336 e. The Balaban J connectivity index is 1.62. The summed E-state index contributed by atoms with van der Waals surface area (Å²) in [4.78, 5) is 21.3. The van der Waals surface area contributed by atoms with E-state index in [1.54, 1.807) is 0 Å². The Labute approximate surface area is 123 Å². The highest BCUT2D eigenvalue weighted by Gasteiger charge is 2.32. The lowest BCUT2D eigenvalue weighted by Crippen LogP contribution is -2.37. The molecular formula is C14H22N4OS. The van der Waals surface area contributed by atoms with Gasteiger partial charge in [-0.1, -0.05) is 0 Å². The lowest BCUT2D eigenvalue weighted by molar-refractivity contribution is 0.0775. The summed E-state index contributed by atoms with van der Waals surface area (Å²) in [6.07, 6.45) is 3.69. The van der Waals surface area contributed by atoms with Gasteiger partial charge < -0.3 is 10.6 Å². The van der Waals surface area contributed by atoms with Gasteiger partial charge in [0.05, 0.1) is 6.04 Å². The number of likely N-dealkylation sites (tertiary alicyclic amines) is 2. The van der Waals surface area contributed by atoms with Crippen LogP contribution in [0.5, 0.6) is 0 Å². The maximum atomic E-state index is 12.5. The molecular weight excluding hydrogens is 272 g/mol. The zero-order valence-corrected chi connectivity index (χ0v) is 12.7. The Morgan fingerprint density at radius 2 is 2.20 bits per heavy atom. The molecule has 0 spiro atoms. The Morgan fingerprint density at radius 3 is 2.85 bits per heavy atom. The number of amides is 1. The summed E-state index contributed by atoms with van der Waals surface area (Å²) in [6.45, 7) is 5.98. The Kier molecular flexibility index (Phi) is 4.05. The number of nitrogens with zero attached hydrogens (tertiary/aromatic N) is 3. The first-order valence-electron chi connectivity index (χ1n) is 7.39. The first-order valence-corrected chi connectivity index (χ1v) is 8.27. The quantitative estimate of drug-likeness (QED) is 0.917. The second-order valence-corrected chi connectivity index (χ2v) is 6.69. The lowest BCUT2D eigenvalue weighted by Gasteiger charge is -2.23. The number of hydrogen-bond donors (Lipinski definition) is 1. The Hall–Kier alpha value is -0.980. The molecule has 0 saturated carbocycles. The highest BCUT2D eigenvalue weighted by Crippen LogP contribution is 2.23. The first kappa shape index (κ1) is 14.0. The number of carbonyl (C=O) groups excluding carboxylic acids is 1. The van der Waals surface area contributed by atoms with E-state index in [0.717, 1.165) is 24.5 Å². The molecule has 2 saturated heterocycles. The van der Waals surface area contributed by atoms with Gasteiger partial charge in [-0.15, -0.1) is 11.3 Å². The average molecular weight is 294 g/mol. The summed E-state index contributed by atoms with van der Waals surface area (Å²) in [7, 11) is 0. The van der Waals surface area contributed by atoms with E-state index < -0.39 is 0 Å². The van der Waals surface area contributed by atoms with Gasteiger partial charge in [-0.25, -0.2) is 4.98 Å². The Bertz CT molecular complexity index is 481. The molecule has 6 heteroatoms. The molecule has 2 atom stereocenters. The van der Waals surface area contributed by atoms with Crippen molar-refractivity contribution in [3.8, 4) is 0 Å². The summed E-state index contributed by atoms with van der Waals surface area (Å²) < 4.78 is 0. The largest absolute Gasteiger partial charge is 0.336 e. The van der Waals surface area contributed by atoms with Crippen LogP contribution in [0.15, 0.2) is 5.38 Å². The smallest absolute Gasteiger partial charge is 0.273 e. The predicted molar refractivity (Wildman–Crippen MR) is 79.8 cm³/mol. The molecule has 1 amide bonds. The minimum atomic E-state index is -0.0996. The number of carbonyl (C=O) groups is 1. The van der Waals surface area contributed by atoms with Crippen LogP contribution in [0.1, 0.15) is 47.7 Å². The molecule has 2 unspecified atom stereocenters. The van der Waals surface area contributed by atoms with Crippen LogP contribution in [-0.4, -0.2) is 52.9 Å². The number of rotatable bonds is 3.